The first-order valence-corrected chi connectivity index (χ1v) is 3.47. The molecule has 0 aromatic rings. The van der Waals surface area contributed by atoms with E-state index in [9.17, 15) is 13.2 Å². The van der Waals surface area contributed by atoms with Gasteiger partial charge in [-0.1, -0.05) is 0 Å². The molecule has 1 aliphatic heterocycles. The monoisotopic (exact) mass is 205 g/mol. The lowest BCUT2D eigenvalue weighted by molar-refractivity contribution is -0.342. The van der Waals surface area contributed by atoms with E-state index in [1.54, 1.807) is 6.92 Å². The molecule has 1 rings (SSSR count). The van der Waals surface area contributed by atoms with E-state index < -0.39 is 12.5 Å². The summed E-state index contributed by atoms with van der Waals surface area (Å²) in [5.41, 5.74) is 0. The minimum Gasteiger partial charge on any atom is -0.312 e. The fourth-order valence-electron chi connectivity index (χ4n) is 1.17. The van der Waals surface area contributed by atoms with E-state index in [2.05, 4.69) is 10.1 Å². The highest BCUT2D eigenvalue weighted by Crippen LogP contribution is 2.23. The minimum atomic E-state index is -4.50. The summed E-state index contributed by atoms with van der Waals surface area (Å²) in [4.78, 5) is 0. The molecule has 0 aromatic heterocycles. The highest BCUT2D eigenvalue weighted by atomic mass is 35.5. The zero-order valence-electron chi connectivity index (χ0n) is 6.52. The predicted molar refractivity (Wildman–Crippen MR) is 40.3 cm³/mol. The van der Waals surface area contributed by atoms with Crippen molar-refractivity contribution in [2.24, 2.45) is 0 Å². The van der Waals surface area contributed by atoms with Gasteiger partial charge in [0, 0.05) is 6.04 Å². The van der Waals surface area contributed by atoms with Crippen LogP contribution in [0.3, 0.4) is 0 Å². The van der Waals surface area contributed by atoms with Crippen LogP contribution in [0.15, 0.2) is 0 Å². The maximum atomic E-state index is 11.6. The zero-order chi connectivity index (χ0) is 8.48. The van der Waals surface area contributed by atoms with Crippen LogP contribution in [0.4, 0.5) is 13.2 Å². The van der Waals surface area contributed by atoms with E-state index >= 15 is 0 Å². The Morgan fingerprint density at radius 2 is 2.00 bits per heavy atom. The molecule has 0 spiro atoms. The second kappa shape index (κ2) is 4.30. The van der Waals surface area contributed by atoms with Crippen molar-refractivity contribution in [3.8, 4) is 0 Å². The van der Waals surface area contributed by atoms with Crippen molar-refractivity contribution in [1.29, 1.82) is 0 Å². The van der Waals surface area contributed by atoms with Crippen LogP contribution in [0, 0.1) is 0 Å². The first-order valence-electron chi connectivity index (χ1n) is 3.47. The van der Waals surface area contributed by atoms with Gasteiger partial charge in [-0.05, 0) is 19.9 Å². The average Bonchev–Trinajstić information content (AvgIpc) is 2.12. The molecule has 6 heteroatoms. The molecule has 0 unspecified atom stereocenters. The van der Waals surface area contributed by atoms with Gasteiger partial charge in [0.15, 0.2) is 0 Å². The standard InChI is InChI=1S/C6H10F3NO.ClH/c1-4-5(2-3-10-4)11-6(7,8)9;/h4-5,10H,2-3H2,1H3;1H/t4-,5-;/m0./s1. The smallest absolute Gasteiger partial charge is 0.312 e. The number of rotatable bonds is 1. The lowest BCUT2D eigenvalue weighted by atomic mass is 10.2. The van der Waals surface area contributed by atoms with E-state index in [1.165, 1.54) is 0 Å². The van der Waals surface area contributed by atoms with Crippen molar-refractivity contribution in [2.45, 2.75) is 31.9 Å². The van der Waals surface area contributed by atoms with Crippen LogP contribution in [0.25, 0.3) is 0 Å². The second-order valence-corrected chi connectivity index (χ2v) is 2.63. The number of hydrogen-bond acceptors (Lipinski definition) is 2. The van der Waals surface area contributed by atoms with Gasteiger partial charge >= 0.3 is 6.36 Å². The van der Waals surface area contributed by atoms with Crippen LogP contribution in [-0.2, 0) is 4.74 Å². The molecule has 1 fully saturated rings. The Labute approximate surface area is 74.9 Å². The second-order valence-electron chi connectivity index (χ2n) is 2.63. The summed E-state index contributed by atoms with van der Waals surface area (Å²) in [5.74, 6) is 0. The first kappa shape index (κ1) is 12.0. The van der Waals surface area contributed by atoms with Crippen LogP contribution >= 0.6 is 12.4 Å². The zero-order valence-corrected chi connectivity index (χ0v) is 7.34. The lowest BCUT2D eigenvalue weighted by Gasteiger charge is -2.17. The number of hydrogen-bond donors (Lipinski definition) is 1. The highest BCUT2D eigenvalue weighted by molar-refractivity contribution is 5.85. The van der Waals surface area contributed by atoms with Crippen LogP contribution in [0.5, 0.6) is 0 Å². The normalized spacial score (nSPS) is 30.0. The molecular weight excluding hydrogens is 195 g/mol. The molecule has 1 heterocycles. The molecule has 12 heavy (non-hydrogen) atoms. The summed E-state index contributed by atoms with van der Waals surface area (Å²) in [5, 5.41) is 2.87. The molecule has 0 amide bonds. The largest absolute Gasteiger partial charge is 0.522 e. The number of halogens is 4. The Kier molecular flexibility index (Phi) is 4.30. The molecule has 2 nitrogen and oxygen atoms in total. The number of ether oxygens (including phenoxy) is 1. The summed E-state index contributed by atoms with van der Waals surface area (Å²) in [7, 11) is 0. The van der Waals surface area contributed by atoms with Crippen molar-refractivity contribution >= 4 is 12.4 Å². The van der Waals surface area contributed by atoms with Crippen LogP contribution in [0.1, 0.15) is 13.3 Å². The van der Waals surface area contributed by atoms with Crippen molar-refractivity contribution < 1.29 is 17.9 Å². The third-order valence-corrected chi connectivity index (χ3v) is 1.74. The summed E-state index contributed by atoms with van der Waals surface area (Å²) in [6.07, 6.45) is -4.78. The molecule has 0 saturated carbocycles. The molecule has 1 saturated heterocycles. The van der Waals surface area contributed by atoms with Gasteiger partial charge in [0.1, 0.15) is 0 Å². The molecule has 74 valence electrons. The van der Waals surface area contributed by atoms with Gasteiger partial charge in [0.05, 0.1) is 6.10 Å². The van der Waals surface area contributed by atoms with Crippen molar-refractivity contribution in [2.75, 3.05) is 6.54 Å². The molecule has 1 N–H and O–H groups in total. The van der Waals surface area contributed by atoms with E-state index in [-0.39, 0.29) is 18.4 Å². The average molecular weight is 206 g/mol. The molecular formula is C6H11ClF3NO. The summed E-state index contributed by atoms with van der Waals surface area (Å²) >= 11 is 0. The first-order chi connectivity index (χ1) is 4.99. The van der Waals surface area contributed by atoms with Gasteiger partial charge in [-0.2, -0.15) is 0 Å². The Balaban J connectivity index is 0.00000121. The number of nitrogens with one attached hydrogen (secondary N) is 1. The van der Waals surface area contributed by atoms with Gasteiger partial charge in [-0.25, -0.2) is 0 Å². The third-order valence-electron chi connectivity index (χ3n) is 1.74. The maximum absolute atomic E-state index is 11.6. The van der Waals surface area contributed by atoms with Crippen LogP contribution < -0.4 is 5.32 Å². The Morgan fingerprint density at radius 3 is 2.33 bits per heavy atom. The topological polar surface area (TPSA) is 21.3 Å². The van der Waals surface area contributed by atoms with E-state index in [0.29, 0.717) is 13.0 Å². The molecule has 0 radical (unpaired) electrons. The molecule has 1 aliphatic rings. The SMILES string of the molecule is C[C@@H]1NCC[C@@H]1OC(F)(F)F.Cl. The predicted octanol–water partition coefficient (Wildman–Crippen LogP) is 1.69. The maximum Gasteiger partial charge on any atom is 0.522 e. The Morgan fingerprint density at radius 1 is 1.42 bits per heavy atom. The molecule has 0 bridgehead atoms. The Hall–Kier alpha value is -0.0000000000000000555. The van der Waals surface area contributed by atoms with Gasteiger partial charge in [0.25, 0.3) is 0 Å². The fraction of sp³-hybridized carbons (Fsp3) is 1.00. The third kappa shape index (κ3) is 3.60. The minimum absolute atomic E-state index is 0. The molecule has 0 aromatic carbocycles. The Bertz CT molecular complexity index is 141. The molecule has 0 aliphatic carbocycles. The summed E-state index contributed by atoms with van der Waals surface area (Å²) < 4.78 is 38.7. The van der Waals surface area contributed by atoms with E-state index in [1.807, 2.05) is 0 Å². The van der Waals surface area contributed by atoms with Crippen LogP contribution in [0.2, 0.25) is 0 Å². The van der Waals surface area contributed by atoms with Gasteiger partial charge in [-0.3, -0.25) is 4.74 Å². The van der Waals surface area contributed by atoms with Gasteiger partial charge in [-0.15, -0.1) is 25.6 Å². The van der Waals surface area contributed by atoms with Crippen LogP contribution in [-0.4, -0.2) is 25.1 Å². The quantitative estimate of drug-likeness (QED) is 0.704. The van der Waals surface area contributed by atoms with Crippen molar-refractivity contribution in [3.05, 3.63) is 0 Å². The summed E-state index contributed by atoms with van der Waals surface area (Å²) in [6.45, 7) is 2.28. The summed E-state index contributed by atoms with van der Waals surface area (Å²) in [6, 6.07) is -0.198. The fourth-order valence-corrected chi connectivity index (χ4v) is 1.17. The number of alkyl halides is 3. The van der Waals surface area contributed by atoms with Gasteiger partial charge in [0.2, 0.25) is 0 Å². The van der Waals surface area contributed by atoms with Gasteiger partial charge < -0.3 is 5.32 Å². The lowest BCUT2D eigenvalue weighted by Crippen LogP contribution is -2.33. The highest BCUT2D eigenvalue weighted by Gasteiger charge is 2.37. The van der Waals surface area contributed by atoms with E-state index in [4.69, 9.17) is 0 Å². The van der Waals surface area contributed by atoms with Crippen molar-refractivity contribution in [1.82, 2.24) is 5.32 Å². The van der Waals surface area contributed by atoms with E-state index in [0.717, 1.165) is 0 Å². The molecule has 2 atom stereocenters. The van der Waals surface area contributed by atoms with Crippen molar-refractivity contribution in [3.63, 3.8) is 0 Å².